The van der Waals surface area contributed by atoms with Crippen molar-refractivity contribution < 1.29 is 4.74 Å². The van der Waals surface area contributed by atoms with Gasteiger partial charge in [0.25, 0.3) is 0 Å². The number of aromatic nitrogens is 4. The van der Waals surface area contributed by atoms with E-state index in [9.17, 15) is 0 Å². The van der Waals surface area contributed by atoms with Gasteiger partial charge in [-0.25, -0.2) is 4.68 Å². The predicted molar refractivity (Wildman–Crippen MR) is 84.5 cm³/mol. The second-order valence-electron chi connectivity index (χ2n) is 5.04. The van der Waals surface area contributed by atoms with Gasteiger partial charge < -0.3 is 10.5 Å². The molecule has 0 saturated carbocycles. The first kappa shape index (κ1) is 14.1. The van der Waals surface area contributed by atoms with Gasteiger partial charge in [0.15, 0.2) is 5.82 Å². The Morgan fingerprint density at radius 3 is 2.77 bits per heavy atom. The van der Waals surface area contributed by atoms with Crippen molar-refractivity contribution in [1.29, 1.82) is 0 Å². The molecule has 2 aromatic carbocycles. The zero-order valence-electron chi connectivity index (χ0n) is 12.5. The van der Waals surface area contributed by atoms with Gasteiger partial charge in [-0.1, -0.05) is 30.3 Å². The summed E-state index contributed by atoms with van der Waals surface area (Å²) < 4.78 is 7.11. The first-order valence-corrected chi connectivity index (χ1v) is 6.93. The van der Waals surface area contributed by atoms with Crippen LogP contribution in [0.5, 0.6) is 5.75 Å². The number of nitrogens with two attached hydrogens (primary N) is 1. The SMILES string of the molecule is COc1ccccc1Cn1nnnc1-c1ccc(C)c(N)c1. The van der Waals surface area contributed by atoms with Crippen molar-refractivity contribution in [1.82, 2.24) is 20.2 Å². The molecular formula is C16H17N5O. The van der Waals surface area contributed by atoms with Crippen molar-refractivity contribution in [3.8, 4) is 17.1 Å². The van der Waals surface area contributed by atoms with E-state index in [1.807, 2.05) is 49.4 Å². The number of aryl methyl sites for hydroxylation is 1. The lowest BCUT2D eigenvalue weighted by atomic mass is 10.1. The number of hydrogen-bond acceptors (Lipinski definition) is 5. The maximum Gasteiger partial charge on any atom is 0.182 e. The van der Waals surface area contributed by atoms with Crippen LogP contribution in [0.25, 0.3) is 11.4 Å². The Morgan fingerprint density at radius 1 is 1.18 bits per heavy atom. The van der Waals surface area contributed by atoms with Crippen molar-refractivity contribution in [3.63, 3.8) is 0 Å². The van der Waals surface area contributed by atoms with Gasteiger partial charge in [-0.3, -0.25) is 0 Å². The number of methoxy groups -OCH3 is 1. The van der Waals surface area contributed by atoms with E-state index in [1.54, 1.807) is 11.8 Å². The summed E-state index contributed by atoms with van der Waals surface area (Å²) in [4.78, 5) is 0. The summed E-state index contributed by atoms with van der Waals surface area (Å²) in [5.74, 6) is 1.49. The highest BCUT2D eigenvalue weighted by molar-refractivity contribution is 5.63. The van der Waals surface area contributed by atoms with Crippen LogP contribution in [-0.2, 0) is 6.54 Å². The molecule has 1 heterocycles. The van der Waals surface area contributed by atoms with Gasteiger partial charge in [-0.15, -0.1) is 5.10 Å². The smallest absolute Gasteiger partial charge is 0.182 e. The molecule has 3 aromatic rings. The normalized spacial score (nSPS) is 10.6. The number of nitrogen functional groups attached to an aromatic ring is 1. The molecule has 0 fully saturated rings. The highest BCUT2D eigenvalue weighted by atomic mass is 16.5. The third-order valence-electron chi connectivity index (χ3n) is 3.58. The number of rotatable bonds is 4. The first-order valence-electron chi connectivity index (χ1n) is 6.93. The molecule has 0 atom stereocenters. The number of ether oxygens (including phenoxy) is 1. The molecule has 112 valence electrons. The van der Waals surface area contributed by atoms with Crippen molar-refractivity contribution in [3.05, 3.63) is 53.6 Å². The Bertz CT molecular complexity index is 797. The Hall–Kier alpha value is -2.89. The summed E-state index contributed by atoms with van der Waals surface area (Å²) in [5, 5.41) is 12.0. The molecule has 0 saturated heterocycles. The molecule has 0 radical (unpaired) electrons. The summed E-state index contributed by atoms with van der Waals surface area (Å²) in [5.41, 5.74) is 9.64. The lowest BCUT2D eigenvalue weighted by molar-refractivity contribution is 0.407. The standard InChI is InChI=1S/C16H17N5O/c1-11-7-8-12(9-14(11)17)16-18-19-20-21(16)10-13-5-3-4-6-15(13)22-2/h3-9H,10,17H2,1-2H3. The van der Waals surface area contributed by atoms with Gasteiger partial charge in [-0.2, -0.15) is 0 Å². The molecule has 1 aromatic heterocycles. The second-order valence-corrected chi connectivity index (χ2v) is 5.04. The maximum atomic E-state index is 5.98. The number of nitrogens with zero attached hydrogens (tertiary/aromatic N) is 4. The van der Waals surface area contributed by atoms with Crippen molar-refractivity contribution in [2.75, 3.05) is 12.8 Å². The quantitative estimate of drug-likeness (QED) is 0.747. The van der Waals surface area contributed by atoms with Crippen LogP contribution < -0.4 is 10.5 Å². The Labute approximate surface area is 128 Å². The molecule has 2 N–H and O–H groups in total. The molecule has 0 unspecified atom stereocenters. The van der Waals surface area contributed by atoms with E-state index in [-0.39, 0.29) is 0 Å². The fourth-order valence-electron chi connectivity index (χ4n) is 2.29. The van der Waals surface area contributed by atoms with Gasteiger partial charge in [-0.05, 0) is 35.0 Å². The predicted octanol–water partition coefficient (Wildman–Crippen LogP) is 2.29. The molecule has 0 aliphatic heterocycles. The monoisotopic (exact) mass is 295 g/mol. The van der Waals surface area contributed by atoms with Crippen LogP contribution in [0.4, 0.5) is 5.69 Å². The van der Waals surface area contributed by atoms with Gasteiger partial charge in [0.2, 0.25) is 0 Å². The first-order chi connectivity index (χ1) is 10.7. The minimum atomic E-state index is 0.528. The molecule has 0 spiro atoms. The molecule has 0 bridgehead atoms. The average Bonchev–Trinajstić information content (AvgIpc) is 2.99. The Balaban J connectivity index is 1.97. The van der Waals surface area contributed by atoms with E-state index in [1.165, 1.54) is 0 Å². The molecule has 6 heteroatoms. The number of tetrazole rings is 1. The van der Waals surface area contributed by atoms with Crippen LogP contribution in [0.3, 0.4) is 0 Å². The summed E-state index contributed by atoms with van der Waals surface area (Å²) >= 11 is 0. The Morgan fingerprint density at radius 2 is 2.00 bits per heavy atom. The molecule has 3 rings (SSSR count). The van der Waals surface area contributed by atoms with Crippen molar-refractivity contribution in [2.45, 2.75) is 13.5 Å². The van der Waals surface area contributed by atoms with Crippen LogP contribution in [0.1, 0.15) is 11.1 Å². The summed E-state index contributed by atoms with van der Waals surface area (Å²) in [7, 11) is 1.65. The molecular weight excluding hydrogens is 278 g/mol. The molecule has 0 aliphatic carbocycles. The zero-order chi connectivity index (χ0) is 15.5. The number of benzene rings is 2. The maximum absolute atomic E-state index is 5.98. The zero-order valence-corrected chi connectivity index (χ0v) is 12.5. The second kappa shape index (κ2) is 5.85. The largest absolute Gasteiger partial charge is 0.496 e. The highest BCUT2D eigenvalue weighted by Crippen LogP contribution is 2.24. The molecule has 22 heavy (non-hydrogen) atoms. The van der Waals surface area contributed by atoms with E-state index in [0.717, 1.165) is 28.1 Å². The van der Waals surface area contributed by atoms with Crippen LogP contribution >= 0.6 is 0 Å². The summed E-state index contributed by atoms with van der Waals surface area (Å²) in [6.07, 6.45) is 0. The van der Waals surface area contributed by atoms with E-state index in [4.69, 9.17) is 10.5 Å². The van der Waals surface area contributed by atoms with Crippen LogP contribution in [-0.4, -0.2) is 27.3 Å². The van der Waals surface area contributed by atoms with E-state index in [0.29, 0.717) is 12.4 Å². The van der Waals surface area contributed by atoms with Crippen LogP contribution in [0.15, 0.2) is 42.5 Å². The highest BCUT2D eigenvalue weighted by Gasteiger charge is 2.12. The third kappa shape index (κ3) is 2.63. The van der Waals surface area contributed by atoms with Crippen molar-refractivity contribution >= 4 is 5.69 Å². The van der Waals surface area contributed by atoms with Gasteiger partial charge >= 0.3 is 0 Å². The average molecular weight is 295 g/mol. The summed E-state index contributed by atoms with van der Waals surface area (Å²) in [6, 6.07) is 13.6. The van der Waals surface area contributed by atoms with E-state index < -0.39 is 0 Å². The fraction of sp³-hybridized carbons (Fsp3) is 0.188. The molecule has 0 aliphatic rings. The Kier molecular flexibility index (Phi) is 3.74. The van der Waals surface area contributed by atoms with E-state index in [2.05, 4.69) is 15.5 Å². The van der Waals surface area contributed by atoms with Gasteiger partial charge in [0, 0.05) is 16.8 Å². The van der Waals surface area contributed by atoms with Crippen molar-refractivity contribution in [2.24, 2.45) is 0 Å². The topological polar surface area (TPSA) is 78.8 Å². The number of hydrogen-bond donors (Lipinski definition) is 1. The fourth-order valence-corrected chi connectivity index (χ4v) is 2.29. The van der Waals surface area contributed by atoms with Gasteiger partial charge in [0.1, 0.15) is 5.75 Å². The van der Waals surface area contributed by atoms with Crippen LogP contribution in [0.2, 0.25) is 0 Å². The lowest BCUT2D eigenvalue weighted by Crippen LogP contribution is -2.06. The summed E-state index contributed by atoms with van der Waals surface area (Å²) in [6.45, 7) is 2.50. The van der Waals surface area contributed by atoms with Crippen LogP contribution in [0, 0.1) is 6.92 Å². The molecule has 0 amide bonds. The minimum absolute atomic E-state index is 0.528. The lowest BCUT2D eigenvalue weighted by Gasteiger charge is -2.10. The van der Waals surface area contributed by atoms with E-state index >= 15 is 0 Å². The number of para-hydroxylation sites is 1. The third-order valence-corrected chi connectivity index (χ3v) is 3.58. The van der Waals surface area contributed by atoms with Gasteiger partial charge in [0.05, 0.1) is 13.7 Å². The minimum Gasteiger partial charge on any atom is -0.496 e. The molecule has 6 nitrogen and oxygen atoms in total. The number of anilines is 1.